The molecular formula is C15H21N3O2. The Hall–Kier alpha value is -1.91. The monoisotopic (exact) mass is 275 g/mol. The van der Waals surface area contributed by atoms with Crippen molar-refractivity contribution in [1.29, 1.82) is 0 Å². The Morgan fingerprint density at radius 1 is 1.35 bits per heavy atom. The number of nitrogens with zero attached hydrogens (tertiary/aromatic N) is 2. The number of nitrogens with one attached hydrogen (secondary N) is 1. The Bertz CT molecular complexity index is 453. The number of hydrogen-bond acceptors (Lipinski definition) is 3. The highest BCUT2D eigenvalue weighted by molar-refractivity contribution is 5.91. The number of pyridine rings is 1. The Morgan fingerprint density at radius 3 is 2.70 bits per heavy atom. The molecule has 20 heavy (non-hydrogen) atoms. The molecule has 5 heteroatoms. The van der Waals surface area contributed by atoms with Crippen LogP contribution in [0, 0.1) is 5.92 Å². The van der Waals surface area contributed by atoms with E-state index in [-0.39, 0.29) is 17.7 Å². The lowest BCUT2D eigenvalue weighted by Gasteiger charge is -2.31. The average molecular weight is 275 g/mol. The molecule has 1 aliphatic heterocycles. The van der Waals surface area contributed by atoms with Gasteiger partial charge in [-0.2, -0.15) is 0 Å². The second-order valence-electron chi connectivity index (χ2n) is 5.11. The summed E-state index contributed by atoms with van der Waals surface area (Å²) in [7, 11) is 0. The molecule has 2 amide bonds. The molecule has 1 saturated heterocycles. The van der Waals surface area contributed by atoms with E-state index in [9.17, 15) is 9.59 Å². The second kappa shape index (κ2) is 7.03. The summed E-state index contributed by atoms with van der Waals surface area (Å²) in [6.45, 7) is 3.36. The maximum Gasteiger partial charge on any atom is 0.228 e. The highest BCUT2D eigenvalue weighted by atomic mass is 16.2. The van der Waals surface area contributed by atoms with Crippen molar-refractivity contribution < 1.29 is 9.59 Å². The van der Waals surface area contributed by atoms with Crippen LogP contribution in [0.4, 0.5) is 5.82 Å². The van der Waals surface area contributed by atoms with E-state index in [2.05, 4.69) is 10.3 Å². The Balaban J connectivity index is 1.81. The lowest BCUT2D eigenvalue weighted by atomic mass is 9.95. The number of likely N-dealkylation sites (tertiary alicyclic amines) is 1. The van der Waals surface area contributed by atoms with E-state index in [4.69, 9.17) is 0 Å². The molecule has 0 saturated carbocycles. The Labute approximate surface area is 119 Å². The van der Waals surface area contributed by atoms with E-state index in [0.717, 1.165) is 19.3 Å². The van der Waals surface area contributed by atoms with Gasteiger partial charge in [0.05, 0.1) is 0 Å². The summed E-state index contributed by atoms with van der Waals surface area (Å²) in [4.78, 5) is 29.8. The molecule has 5 nitrogen and oxygen atoms in total. The topological polar surface area (TPSA) is 62.3 Å². The molecule has 2 heterocycles. The third-order valence-corrected chi connectivity index (χ3v) is 3.60. The minimum absolute atomic E-state index is 0.00582. The number of carbonyl (C=O) groups is 2. The minimum Gasteiger partial charge on any atom is -0.343 e. The van der Waals surface area contributed by atoms with Crippen LogP contribution >= 0.6 is 0 Å². The van der Waals surface area contributed by atoms with Gasteiger partial charge in [0.1, 0.15) is 5.82 Å². The molecule has 0 aliphatic carbocycles. The lowest BCUT2D eigenvalue weighted by Crippen LogP contribution is -2.41. The van der Waals surface area contributed by atoms with Gasteiger partial charge in [0, 0.05) is 31.6 Å². The molecule has 0 bridgehead atoms. The molecule has 2 rings (SSSR count). The summed E-state index contributed by atoms with van der Waals surface area (Å²) in [5, 5.41) is 2.83. The zero-order valence-corrected chi connectivity index (χ0v) is 11.8. The number of hydrogen-bond donors (Lipinski definition) is 1. The molecule has 0 spiro atoms. The quantitative estimate of drug-likeness (QED) is 0.915. The van der Waals surface area contributed by atoms with Crippen LogP contribution in [0.15, 0.2) is 24.4 Å². The number of anilines is 1. The Morgan fingerprint density at radius 2 is 2.10 bits per heavy atom. The molecule has 0 aromatic carbocycles. The van der Waals surface area contributed by atoms with Gasteiger partial charge in [-0.3, -0.25) is 9.59 Å². The summed E-state index contributed by atoms with van der Waals surface area (Å²) in [5.74, 6) is 0.770. The van der Waals surface area contributed by atoms with Crippen molar-refractivity contribution in [3.8, 4) is 0 Å². The van der Waals surface area contributed by atoms with E-state index < -0.39 is 0 Å². The molecule has 0 unspecified atom stereocenters. The van der Waals surface area contributed by atoms with Gasteiger partial charge in [0.25, 0.3) is 0 Å². The molecule has 1 aromatic heterocycles. The zero-order valence-electron chi connectivity index (χ0n) is 11.8. The van der Waals surface area contributed by atoms with Gasteiger partial charge in [0.2, 0.25) is 11.8 Å². The zero-order chi connectivity index (χ0) is 14.4. The summed E-state index contributed by atoms with van der Waals surface area (Å²) in [6.07, 6.45) is 4.59. The van der Waals surface area contributed by atoms with E-state index in [1.807, 2.05) is 24.0 Å². The first-order valence-electron chi connectivity index (χ1n) is 7.20. The molecule has 0 radical (unpaired) electrons. The van der Waals surface area contributed by atoms with Gasteiger partial charge < -0.3 is 10.2 Å². The van der Waals surface area contributed by atoms with Crippen molar-refractivity contribution in [2.75, 3.05) is 18.4 Å². The van der Waals surface area contributed by atoms with Crippen LogP contribution < -0.4 is 5.32 Å². The lowest BCUT2D eigenvalue weighted by molar-refractivity contribution is -0.134. The van der Waals surface area contributed by atoms with Crippen molar-refractivity contribution in [2.45, 2.75) is 32.6 Å². The average Bonchev–Trinajstić information content (AvgIpc) is 2.48. The molecule has 1 aromatic rings. The maximum absolute atomic E-state index is 12.1. The summed E-state index contributed by atoms with van der Waals surface area (Å²) in [5.41, 5.74) is 0. The van der Waals surface area contributed by atoms with Crippen molar-refractivity contribution in [3.63, 3.8) is 0 Å². The van der Waals surface area contributed by atoms with Crippen molar-refractivity contribution in [2.24, 2.45) is 5.92 Å². The fourth-order valence-electron chi connectivity index (χ4n) is 2.43. The SMILES string of the molecule is CCCC(=O)N1CCC(C(=O)Nc2ccccn2)CC1. The summed E-state index contributed by atoms with van der Waals surface area (Å²) >= 11 is 0. The number of carbonyl (C=O) groups excluding carboxylic acids is 2. The van der Waals surface area contributed by atoms with E-state index in [1.54, 1.807) is 12.3 Å². The van der Waals surface area contributed by atoms with Gasteiger partial charge in [-0.25, -0.2) is 4.98 Å². The molecule has 0 atom stereocenters. The smallest absolute Gasteiger partial charge is 0.228 e. The number of piperidine rings is 1. The standard InChI is InChI=1S/C15H21N3O2/c1-2-5-14(19)18-10-7-12(8-11-18)15(20)17-13-6-3-4-9-16-13/h3-4,6,9,12H,2,5,7-8,10-11H2,1H3,(H,16,17,20). The molecular weight excluding hydrogens is 254 g/mol. The normalized spacial score (nSPS) is 15.9. The van der Waals surface area contributed by atoms with Gasteiger partial charge in [0.15, 0.2) is 0 Å². The second-order valence-corrected chi connectivity index (χ2v) is 5.11. The first-order valence-corrected chi connectivity index (χ1v) is 7.20. The van der Waals surface area contributed by atoms with Crippen molar-refractivity contribution in [3.05, 3.63) is 24.4 Å². The van der Waals surface area contributed by atoms with Crippen LogP contribution in [-0.2, 0) is 9.59 Å². The molecule has 1 fully saturated rings. The Kier molecular flexibility index (Phi) is 5.09. The molecule has 1 aliphatic rings. The third kappa shape index (κ3) is 3.79. The van der Waals surface area contributed by atoms with Crippen LogP contribution in [0.1, 0.15) is 32.6 Å². The van der Waals surface area contributed by atoms with Crippen LogP contribution in [0.5, 0.6) is 0 Å². The third-order valence-electron chi connectivity index (χ3n) is 3.60. The largest absolute Gasteiger partial charge is 0.343 e. The van der Waals surface area contributed by atoms with Crippen LogP contribution in [0.2, 0.25) is 0 Å². The predicted molar refractivity (Wildman–Crippen MR) is 77.1 cm³/mol. The summed E-state index contributed by atoms with van der Waals surface area (Å²) in [6, 6.07) is 5.43. The molecule has 1 N–H and O–H groups in total. The maximum atomic E-state index is 12.1. The minimum atomic E-state index is -0.0253. The van der Waals surface area contributed by atoms with Crippen LogP contribution in [0.25, 0.3) is 0 Å². The van der Waals surface area contributed by atoms with Crippen LogP contribution in [-0.4, -0.2) is 34.8 Å². The number of amides is 2. The first-order chi connectivity index (χ1) is 9.70. The van der Waals surface area contributed by atoms with E-state index in [0.29, 0.717) is 25.3 Å². The van der Waals surface area contributed by atoms with Gasteiger partial charge in [-0.1, -0.05) is 13.0 Å². The van der Waals surface area contributed by atoms with Gasteiger partial charge >= 0.3 is 0 Å². The number of rotatable bonds is 4. The summed E-state index contributed by atoms with van der Waals surface area (Å²) < 4.78 is 0. The van der Waals surface area contributed by atoms with Gasteiger partial charge in [-0.05, 0) is 31.4 Å². The predicted octanol–water partition coefficient (Wildman–Crippen LogP) is 2.06. The van der Waals surface area contributed by atoms with Crippen LogP contribution in [0.3, 0.4) is 0 Å². The van der Waals surface area contributed by atoms with E-state index >= 15 is 0 Å². The highest BCUT2D eigenvalue weighted by Crippen LogP contribution is 2.19. The van der Waals surface area contributed by atoms with Crippen molar-refractivity contribution >= 4 is 17.6 Å². The highest BCUT2D eigenvalue weighted by Gasteiger charge is 2.27. The van der Waals surface area contributed by atoms with E-state index in [1.165, 1.54) is 0 Å². The first kappa shape index (κ1) is 14.5. The number of aromatic nitrogens is 1. The van der Waals surface area contributed by atoms with Gasteiger partial charge in [-0.15, -0.1) is 0 Å². The molecule has 108 valence electrons. The van der Waals surface area contributed by atoms with Crippen molar-refractivity contribution in [1.82, 2.24) is 9.88 Å². The fourth-order valence-corrected chi connectivity index (χ4v) is 2.43. The fraction of sp³-hybridized carbons (Fsp3) is 0.533.